The molecule has 2 aromatic carbocycles. The summed E-state index contributed by atoms with van der Waals surface area (Å²) in [7, 11) is 0. The molecule has 0 heterocycles. The van der Waals surface area contributed by atoms with E-state index in [1.807, 2.05) is 30.3 Å². The molecule has 20 heavy (non-hydrogen) atoms. The average molecular weight is 374 g/mol. The fourth-order valence-electron chi connectivity index (χ4n) is 2.03. The molecule has 1 N–H and O–H groups in total. The van der Waals surface area contributed by atoms with E-state index >= 15 is 0 Å². The molecule has 2 rings (SSSR count). The second-order valence-corrected chi connectivity index (χ2v) is 6.11. The van der Waals surface area contributed by atoms with Gasteiger partial charge in [0.05, 0.1) is 16.5 Å². The number of carboxylic acids is 1. The van der Waals surface area contributed by atoms with Crippen molar-refractivity contribution in [1.29, 1.82) is 0 Å². The Morgan fingerprint density at radius 2 is 1.65 bits per heavy atom. The summed E-state index contributed by atoms with van der Waals surface area (Å²) in [6.07, 6.45) is -0.000403. The van der Waals surface area contributed by atoms with Crippen LogP contribution in [0, 0.1) is 0 Å². The Balaban J connectivity index is 2.43. The second kappa shape index (κ2) is 6.61. The zero-order valence-electron chi connectivity index (χ0n) is 10.3. The number of hydrogen-bond acceptors (Lipinski definition) is 1. The molecule has 104 valence electrons. The zero-order valence-corrected chi connectivity index (χ0v) is 13.4. The van der Waals surface area contributed by atoms with Crippen LogP contribution in [-0.4, -0.2) is 11.1 Å². The van der Waals surface area contributed by atoms with Crippen molar-refractivity contribution in [2.24, 2.45) is 0 Å². The summed E-state index contributed by atoms with van der Waals surface area (Å²) in [6.45, 7) is 0. The Kier molecular flexibility index (Phi) is 5.08. The third kappa shape index (κ3) is 3.75. The summed E-state index contributed by atoms with van der Waals surface area (Å²) in [5.74, 6) is -1.11. The fraction of sp³-hybridized carbons (Fsp3) is 0.133. The van der Waals surface area contributed by atoms with Crippen molar-refractivity contribution in [1.82, 2.24) is 0 Å². The normalized spacial score (nSPS) is 12.2. The Morgan fingerprint density at radius 3 is 2.20 bits per heavy atom. The lowest BCUT2D eigenvalue weighted by atomic mass is 9.88. The van der Waals surface area contributed by atoms with E-state index in [-0.39, 0.29) is 12.3 Å². The van der Waals surface area contributed by atoms with E-state index in [0.29, 0.717) is 10.0 Å². The minimum Gasteiger partial charge on any atom is -0.481 e. The maximum atomic E-state index is 11.1. The van der Waals surface area contributed by atoms with Gasteiger partial charge in [0.1, 0.15) is 0 Å². The Morgan fingerprint density at radius 1 is 1.05 bits per heavy atom. The van der Waals surface area contributed by atoms with Gasteiger partial charge in [-0.3, -0.25) is 4.79 Å². The first-order valence-electron chi connectivity index (χ1n) is 5.89. The van der Waals surface area contributed by atoms with Gasteiger partial charge in [-0.1, -0.05) is 57.3 Å². The molecule has 0 radical (unpaired) electrons. The van der Waals surface area contributed by atoms with Gasteiger partial charge in [-0.15, -0.1) is 0 Å². The van der Waals surface area contributed by atoms with E-state index in [1.165, 1.54) is 0 Å². The quantitative estimate of drug-likeness (QED) is 0.782. The molecule has 0 bridgehead atoms. The summed E-state index contributed by atoms with van der Waals surface area (Å²) in [4.78, 5) is 11.1. The lowest BCUT2D eigenvalue weighted by Gasteiger charge is -2.17. The third-order valence-electron chi connectivity index (χ3n) is 3.00. The minimum atomic E-state index is -0.857. The predicted octanol–water partition coefficient (Wildman–Crippen LogP) is 5.36. The van der Waals surface area contributed by atoms with Gasteiger partial charge in [0.2, 0.25) is 0 Å². The van der Waals surface area contributed by atoms with Gasteiger partial charge in [0, 0.05) is 10.4 Å². The number of aliphatic carboxylic acids is 1. The lowest BCUT2D eigenvalue weighted by Crippen LogP contribution is -2.08. The van der Waals surface area contributed by atoms with Crippen LogP contribution >= 0.6 is 39.1 Å². The first kappa shape index (κ1) is 15.4. The topological polar surface area (TPSA) is 37.3 Å². The van der Waals surface area contributed by atoms with E-state index in [1.54, 1.807) is 12.1 Å². The van der Waals surface area contributed by atoms with Crippen LogP contribution in [0.15, 0.2) is 46.9 Å². The molecule has 0 fully saturated rings. The number of rotatable bonds is 4. The highest BCUT2D eigenvalue weighted by Gasteiger charge is 2.18. The standard InChI is InChI=1S/C15H11BrCl2O2/c16-11-4-1-9(2-5-11)12(8-15(19)20)10-3-6-13(17)14(18)7-10/h1-7,12H,8H2,(H,19,20). The highest BCUT2D eigenvalue weighted by molar-refractivity contribution is 9.10. The first-order chi connectivity index (χ1) is 9.47. The number of carbonyl (C=O) groups is 1. The van der Waals surface area contributed by atoms with Gasteiger partial charge in [-0.05, 0) is 35.4 Å². The second-order valence-electron chi connectivity index (χ2n) is 4.38. The molecule has 0 spiro atoms. The van der Waals surface area contributed by atoms with Gasteiger partial charge < -0.3 is 5.11 Å². The molecule has 0 aliphatic rings. The van der Waals surface area contributed by atoms with Crippen LogP contribution in [0.4, 0.5) is 0 Å². The summed E-state index contributed by atoms with van der Waals surface area (Å²) in [6, 6.07) is 12.8. The summed E-state index contributed by atoms with van der Waals surface area (Å²) < 4.78 is 0.949. The summed E-state index contributed by atoms with van der Waals surface area (Å²) in [5, 5.41) is 10.0. The molecule has 0 aromatic heterocycles. The summed E-state index contributed by atoms with van der Waals surface area (Å²) in [5.41, 5.74) is 1.76. The lowest BCUT2D eigenvalue weighted by molar-refractivity contribution is -0.137. The average Bonchev–Trinajstić information content (AvgIpc) is 2.40. The van der Waals surface area contributed by atoms with Crippen LogP contribution in [0.25, 0.3) is 0 Å². The molecule has 0 amide bonds. The van der Waals surface area contributed by atoms with Gasteiger partial charge in [-0.25, -0.2) is 0 Å². The Labute approximate surface area is 135 Å². The SMILES string of the molecule is O=C(O)CC(c1ccc(Br)cc1)c1ccc(Cl)c(Cl)c1. The first-order valence-corrected chi connectivity index (χ1v) is 7.44. The Bertz CT molecular complexity index is 626. The van der Waals surface area contributed by atoms with Crippen LogP contribution in [0.3, 0.4) is 0 Å². The molecule has 2 aromatic rings. The van der Waals surface area contributed by atoms with Gasteiger partial charge in [0.15, 0.2) is 0 Å². The van der Waals surface area contributed by atoms with Crippen molar-refractivity contribution >= 4 is 45.1 Å². The van der Waals surface area contributed by atoms with E-state index in [4.69, 9.17) is 28.3 Å². The molecular weight excluding hydrogens is 363 g/mol. The highest BCUT2D eigenvalue weighted by Crippen LogP contribution is 2.33. The van der Waals surface area contributed by atoms with E-state index < -0.39 is 5.97 Å². The smallest absolute Gasteiger partial charge is 0.304 e. The van der Waals surface area contributed by atoms with Crippen molar-refractivity contribution < 1.29 is 9.90 Å². The molecular formula is C15H11BrCl2O2. The summed E-state index contributed by atoms with van der Waals surface area (Å²) >= 11 is 15.3. The number of benzene rings is 2. The monoisotopic (exact) mass is 372 g/mol. The number of hydrogen-bond donors (Lipinski definition) is 1. The molecule has 5 heteroatoms. The largest absolute Gasteiger partial charge is 0.481 e. The maximum absolute atomic E-state index is 11.1. The molecule has 1 atom stereocenters. The van der Waals surface area contributed by atoms with Gasteiger partial charge in [0.25, 0.3) is 0 Å². The van der Waals surface area contributed by atoms with Crippen molar-refractivity contribution in [3.05, 3.63) is 68.1 Å². The van der Waals surface area contributed by atoms with Gasteiger partial charge >= 0.3 is 5.97 Å². The van der Waals surface area contributed by atoms with Crippen LogP contribution in [0.5, 0.6) is 0 Å². The van der Waals surface area contributed by atoms with Crippen molar-refractivity contribution in [2.75, 3.05) is 0 Å². The van der Waals surface area contributed by atoms with Crippen LogP contribution in [-0.2, 0) is 4.79 Å². The molecule has 1 unspecified atom stereocenters. The van der Waals surface area contributed by atoms with E-state index in [9.17, 15) is 4.79 Å². The molecule has 0 aliphatic heterocycles. The predicted molar refractivity (Wildman–Crippen MR) is 84.7 cm³/mol. The molecule has 0 saturated carbocycles. The molecule has 0 aliphatic carbocycles. The highest BCUT2D eigenvalue weighted by atomic mass is 79.9. The van der Waals surface area contributed by atoms with Crippen molar-refractivity contribution in [3.8, 4) is 0 Å². The van der Waals surface area contributed by atoms with Crippen LogP contribution in [0.2, 0.25) is 10.0 Å². The maximum Gasteiger partial charge on any atom is 0.304 e. The zero-order chi connectivity index (χ0) is 14.7. The molecule has 0 saturated heterocycles. The fourth-order valence-corrected chi connectivity index (χ4v) is 2.60. The van der Waals surface area contributed by atoms with Gasteiger partial charge in [-0.2, -0.15) is 0 Å². The van der Waals surface area contributed by atoms with E-state index in [0.717, 1.165) is 15.6 Å². The molecule has 2 nitrogen and oxygen atoms in total. The van der Waals surface area contributed by atoms with Crippen molar-refractivity contribution in [3.63, 3.8) is 0 Å². The Hall–Kier alpha value is -1.03. The minimum absolute atomic E-state index is 0.000403. The van der Waals surface area contributed by atoms with Crippen LogP contribution in [0.1, 0.15) is 23.5 Å². The third-order valence-corrected chi connectivity index (χ3v) is 4.26. The number of carboxylic acid groups (broad SMARTS) is 1. The van der Waals surface area contributed by atoms with E-state index in [2.05, 4.69) is 15.9 Å². The van der Waals surface area contributed by atoms with Crippen molar-refractivity contribution in [2.45, 2.75) is 12.3 Å². The number of halogens is 3. The van der Waals surface area contributed by atoms with Crippen LogP contribution < -0.4 is 0 Å².